The van der Waals surface area contributed by atoms with Crippen LogP contribution >= 0.6 is 0 Å². The number of aliphatic imine (C=N–C) groups is 8. The zero-order valence-electron chi connectivity index (χ0n) is 57.7. The molecular weight excluding hydrogens is 1390 g/mol. The highest BCUT2D eigenvalue weighted by atomic mass is 28.4. The van der Waals surface area contributed by atoms with Gasteiger partial charge in [-0.3, -0.25) is 0 Å². The molecule has 0 fully saturated rings. The van der Waals surface area contributed by atoms with Crippen molar-refractivity contribution >= 4 is 187 Å². The van der Waals surface area contributed by atoms with Crippen molar-refractivity contribution in [1.29, 1.82) is 0 Å². The molecule has 0 atom stereocenters. The van der Waals surface area contributed by atoms with Gasteiger partial charge in [0.15, 0.2) is 46.7 Å². The summed E-state index contributed by atoms with van der Waals surface area (Å²) in [6, 6.07) is 75.1. The zero-order valence-corrected chi connectivity index (χ0v) is 64.0. The van der Waals surface area contributed by atoms with E-state index in [1.165, 1.54) is 0 Å². The first-order chi connectivity index (χ1) is 50.5. The predicted octanol–water partition coefficient (Wildman–Crippen LogP) is 11.8. The molecule has 26 heteroatoms. The number of benzene rings is 9. The summed E-state index contributed by atoms with van der Waals surface area (Å²) in [5.74, 6) is 7.24. The maximum absolute atomic E-state index is 8.08. The average Bonchev–Trinajstić information content (AvgIpc) is 1.55. The molecule has 0 spiro atoms. The minimum atomic E-state index is -3.31. The highest BCUT2D eigenvalue weighted by molar-refractivity contribution is 6.93. The molecule has 21 rings (SSSR count). The Balaban J connectivity index is 0.666. The summed E-state index contributed by atoms with van der Waals surface area (Å²) in [5, 5.41) is 9.47. The molecule has 0 saturated heterocycles. The topological polar surface area (TPSA) is 205 Å². The number of nitrogens with zero attached hydrogens (tertiary/aromatic N) is 16. The van der Waals surface area contributed by atoms with E-state index in [0.29, 0.717) is 91.9 Å². The Kier molecular flexibility index (Phi) is 13.4. The van der Waals surface area contributed by atoms with Gasteiger partial charge in [-0.25, -0.2) is 59.9 Å². The zero-order chi connectivity index (χ0) is 69.9. The normalized spacial score (nSPS) is 15.8. The van der Waals surface area contributed by atoms with Crippen molar-refractivity contribution in [3.8, 4) is 0 Å². The number of hydrogen-bond acceptors (Lipinski definition) is 16. The van der Waals surface area contributed by atoms with Gasteiger partial charge in [0.25, 0.3) is 17.1 Å². The summed E-state index contributed by atoms with van der Waals surface area (Å²) in [4.78, 5) is 65.8. The molecule has 0 saturated carbocycles. The molecule has 4 aromatic heterocycles. The van der Waals surface area contributed by atoms with Gasteiger partial charge in [0.05, 0.1) is 0 Å². The lowest BCUT2D eigenvalue weighted by Gasteiger charge is -2.37. The van der Waals surface area contributed by atoms with Crippen LogP contribution in [0.15, 0.2) is 278 Å². The van der Waals surface area contributed by atoms with Gasteiger partial charge in [0.2, 0.25) is 16.6 Å². The Morgan fingerprint density at radius 3 is 0.663 bits per heavy atom. The molecule has 0 aliphatic carbocycles. The maximum atomic E-state index is 8.08. The first kappa shape index (κ1) is 62.1. The molecule has 0 radical (unpaired) electrons. The van der Waals surface area contributed by atoms with Gasteiger partial charge in [0, 0.05) is 87.6 Å². The van der Waals surface area contributed by atoms with Crippen molar-refractivity contribution in [2.24, 2.45) is 59.9 Å². The van der Waals surface area contributed by atoms with Gasteiger partial charge in [0.1, 0.15) is 45.2 Å². The van der Waals surface area contributed by atoms with Crippen LogP contribution in [0.5, 0.6) is 0 Å². The Morgan fingerprint density at radius 2 is 0.433 bits per heavy atom. The van der Waals surface area contributed by atoms with Crippen molar-refractivity contribution in [2.75, 3.05) is 0 Å². The van der Waals surface area contributed by atoms with Gasteiger partial charge in [-0.1, -0.05) is 218 Å². The fraction of sp³-hybridized carbons (Fsp3) is 0.103. The van der Waals surface area contributed by atoms with Crippen LogP contribution in [0.2, 0.25) is 52.4 Å². The standard InChI is InChI=1S/2C32H16N8.C14H28O4Si4.2Al/c2*1-2-10-18-17(9-1)25-33-26(18)38-28-21-13-5-6-14-22(21)30(35-28)40-32-24-16-8-7-15-23(24)31(36-32)39-29-20-12-4-3-11-19(20)27(34-29)37-25;1-19(2,17-21(5,6)15)13-9-11-14(12-10-13)20(3,4)18-22(7,8)16;;/h2*1-16H;9-12H,1-8H3;;/q3*-2;2*+3. The van der Waals surface area contributed by atoms with Crippen LogP contribution < -0.4 is 32.3 Å². The summed E-state index contributed by atoms with van der Waals surface area (Å²) in [6.07, 6.45) is 0. The van der Waals surface area contributed by atoms with Crippen molar-refractivity contribution in [2.45, 2.75) is 52.4 Å². The summed E-state index contributed by atoms with van der Waals surface area (Å²) in [5.41, 5.74) is 9.87. The number of amidine groups is 8. The van der Waals surface area contributed by atoms with Crippen LogP contribution in [-0.4, -0.2) is 124 Å². The van der Waals surface area contributed by atoms with E-state index in [9.17, 15) is 0 Å². The lowest BCUT2D eigenvalue weighted by Crippen LogP contribution is -2.60. The van der Waals surface area contributed by atoms with Crippen molar-refractivity contribution in [3.63, 3.8) is 0 Å². The Hall–Kier alpha value is -10.5. The van der Waals surface area contributed by atoms with Crippen LogP contribution in [0.3, 0.4) is 0 Å². The molecule has 8 aliphatic rings. The Morgan fingerprint density at radius 1 is 0.231 bits per heavy atom. The van der Waals surface area contributed by atoms with E-state index in [1.807, 2.05) is 48.5 Å². The average molecular weight is 1450 g/mol. The van der Waals surface area contributed by atoms with E-state index in [1.54, 1.807) is 0 Å². The second-order valence-electron chi connectivity index (χ2n) is 28.9. The quantitative estimate of drug-likeness (QED) is 0.123. The SMILES string of the molecule is C[Si](C)([O][Al]1[n]2c3c4ccccc4c2N=C2N=C(N=c4c5ccccc5c([n]41)=NC1=NC(=N3)c3ccccc31)c1ccccc12)O[Si](C)(C)c1ccc([Si](C)(C)O[Si](C)(C)[O][Al]2[n]3c4c5ccccc5c3N=C3N=C(N=c5c6ccccc6c([n]52)=NC2=NC(=N4)c4ccccc42)c2ccccc23)cc1. The minimum Gasteiger partial charge on any atom is -0.490 e. The third-order valence-electron chi connectivity index (χ3n) is 20.6. The molecule has 13 aromatic rings. The Labute approximate surface area is 609 Å². The summed E-state index contributed by atoms with van der Waals surface area (Å²) < 4.78 is 40.7. The first-order valence-corrected chi connectivity index (χ1v) is 49.3. The molecule has 0 N–H and O–H groups in total. The summed E-state index contributed by atoms with van der Waals surface area (Å²) in [7, 11) is -12.4. The fourth-order valence-electron chi connectivity index (χ4n) is 16.2. The van der Waals surface area contributed by atoms with Gasteiger partial charge in [-0.15, -0.1) is 0 Å². The molecule has 12 heterocycles. The monoisotopic (exact) mass is 1450 g/mol. The molecular formula is C78H60Al2N16O4Si4. The largest absolute Gasteiger partial charge is 0.800 e. The number of hydrogen-bond donors (Lipinski definition) is 0. The molecule has 498 valence electrons. The second-order valence-corrected chi connectivity index (χ2v) is 48.5. The summed E-state index contributed by atoms with van der Waals surface area (Å²) in [6.45, 7) is 17.8. The number of rotatable bonds is 10. The molecule has 9 aromatic carbocycles. The highest BCUT2D eigenvalue weighted by Gasteiger charge is 2.51. The molecule has 104 heavy (non-hydrogen) atoms. The van der Waals surface area contributed by atoms with E-state index < -0.39 is 63.6 Å². The van der Waals surface area contributed by atoms with Crippen molar-refractivity contribution < 1.29 is 15.2 Å². The van der Waals surface area contributed by atoms with E-state index in [2.05, 4.69) is 236 Å². The van der Waals surface area contributed by atoms with E-state index in [4.69, 9.17) is 75.1 Å². The smallest absolute Gasteiger partial charge is 0.490 e. The molecule has 20 nitrogen and oxygen atoms in total. The lowest BCUT2D eigenvalue weighted by atomic mass is 10.1. The van der Waals surface area contributed by atoms with Crippen molar-refractivity contribution in [3.05, 3.63) is 285 Å². The van der Waals surface area contributed by atoms with Crippen LogP contribution in [0.1, 0.15) is 44.5 Å². The first-order valence-electron chi connectivity index (χ1n) is 34.8. The number of fused-ring (bicyclic) bond motifs is 28. The van der Waals surface area contributed by atoms with Crippen LogP contribution in [0, 0.1) is 0 Å². The Bertz CT molecular complexity index is 5950. The molecule has 12 bridgehead atoms. The third-order valence-corrected chi connectivity index (χ3v) is 42.0. The highest BCUT2D eigenvalue weighted by Crippen LogP contribution is 2.44. The van der Waals surface area contributed by atoms with Crippen molar-refractivity contribution in [1.82, 2.24) is 14.2 Å². The van der Waals surface area contributed by atoms with Crippen LogP contribution in [0.4, 0.5) is 23.3 Å². The lowest BCUT2D eigenvalue weighted by molar-refractivity contribution is 0.390. The van der Waals surface area contributed by atoms with Gasteiger partial charge < -0.3 is 29.4 Å². The van der Waals surface area contributed by atoms with Crippen LogP contribution in [0.25, 0.3) is 43.1 Å². The van der Waals surface area contributed by atoms with Crippen LogP contribution in [-0.2, 0) is 15.2 Å². The van der Waals surface area contributed by atoms with E-state index in [-0.39, 0.29) is 0 Å². The fourth-order valence-corrected chi connectivity index (χ4v) is 39.6. The number of aromatic nitrogens is 4. The van der Waals surface area contributed by atoms with Gasteiger partial charge in [-0.05, 0) is 62.7 Å². The molecule has 0 amide bonds. The predicted molar refractivity (Wildman–Crippen MR) is 422 cm³/mol. The molecule has 0 unspecified atom stereocenters. The maximum Gasteiger partial charge on any atom is 0.800 e. The van der Waals surface area contributed by atoms with E-state index in [0.717, 1.165) is 98.0 Å². The van der Waals surface area contributed by atoms with E-state index >= 15 is 0 Å². The summed E-state index contributed by atoms with van der Waals surface area (Å²) >= 11 is -6.57. The van der Waals surface area contributed by atoms with Gasteiger partial charge in [-0.2, -0.15) is 0 Å². The minimum absolute atomic E-state index is 0.566. The molecule has 8 aliphatic heterocycles. The third kappa shape index (κ3) is 9.45. The van der Waals surface area contributed by atoms with Gasteiger partial charge >= 0.3 is 29.8 Å². The second kappa shape index (κ2) is 22.5.